The number of aliphatic hydroxyl groups is 5. The van der Waals surface area contributed by atoms with E-state index in [-0.39, 0.29) is 60.4 Å². The van der Waals surface area contributed by atoms with Gasteiger partial charge in [0.1, 0.15) is 59.7 Å². The molecule has 6 bridgehead atoms. The lowest BCUT2D eigenvalue weighted by Gasteiger charge is -2.67. The monoisotopic (exact) mass is 1580 g/mol. The summed E-state index contributed by atoms with van der Waals surface area (Å²) in [7, 11) is 4.98. The number of amides is 1. The summed E-state index contributed by atoms with van der Waals surface area (Å²) < 4.78 is 65.5. The molecule has 16 rings (SSSR count). The van der Waals surface area contributed by atoms with Gasteiger partial charge in [-0.2, -0.15) is 11.8 Å². The van der Waals surface area contributed by atoms with Crippen LogP contribution in [0.25, 0.3) is 0 Å². The van der Waals surface area contributed by atoms with Crippen LogP contribution in [0.15, 0.2) is 90.0 Å². The number of Topliss-reactive ketones (excluding diaryl/α,β-unsaturated/α-hetero) is 1. The first kappa shape index (κ1) is 80.5. The highest BCUT2D eigenvalue weighted by Gasteiger charge is 2.78. The second-order valence-corrected chi connectivity index (χ2v) is 34.1. The number of nitrogens with zero attached hydrogens (tertiary/aromatic N) is 2. The maximum Gasteiger partial charge on any atom is 0.408 e. The number of hydrogen-bond donors (Lipinski definition) is 9. The Morgan fingerprint density at radius 1 is 0.832 bits per heavy atom. The predicted octanol–water partition coefficient (Wildman–Crippen LogP) is 7.06. The normalized spacial score (nSPS) is 31.6. The van der Waals surface area contributed by atoms with Crippen LogP contribution in [-0.2, 0) is 70.8 Å². The van der Waals surface area contributed by atoms with Gasteiger partial charge in [-0.3, -0.25) is 29.5 Å². The van der Waals surface area contributed by atoms with Gasteiger partial charge in [0.05, 0.1) is 73.2 Å². The molecule has 5 aromatic carbocycles. The first-order valence-corrected chi connectivity index (χ1v) is 38.9. The van der Waals surface area contributed by atoms with E-state index in [0.29, 0.717) is 87.9 Å². The molecular formula is C83H98N4O25S. The Balaban J connectivity index is 0.000000187. The van der Waals surface area contributed by atoms with Crippen molar-refractivity contribution in [1.82, 2.24) is 20.4 Å². The summed E-state index contributed by atoms with van der Waals surface area (Å²) in [5.41, 5.74) is -3.58. The molecule has 5 fully saturated rings. The number of aromatic hydroxyl groups is 2. The maximum atomic E-state index is 14.9. The van der Waals surface area contributed by atoms with Crippen LogP contribution in [0.1, 0.15) is 165 Å². The van der Waals surface area contributed by atoms with E-state index >= 15 is 0 Å². The molecule has 18 atom stereocenters. The molecule has 1 unspecified atom stereocenters. The van der Waals surface area contributed by atoms with Gasteiger partial charge in [-0.15, -0.1) is 0 Å². The number of ether oxygens (including phenoxy) is 11. The van der Waals surface area contributed by atoms with E-state index in [1.807, 2.05) is 31.9 Å². The molecule has 606 valence electrons. The van der Waals surface area contributed by atoms with Gasteiger partial charge in [0.15, 0.2) is 52.0 Å². The lowest BCUT2D eigenvalue weighted by atomic mass is 9.44. The highest BCUT2D eigenvalue weighted by molar-refractivity contribution is 7.99. The smallest absolute Gasteiger partial charge is 0.408 e. The summed E-state index contributed by atoms with van der Waals surface area (Å²) in [5.74, 6) is -4.06. The number of carbonyl (C=O) groups excluding carboxylic acids is 7. The van der Waals surface area contributed by atoms with Crippen molar-refractivity contribution >= 4 is 53.5 Å². The lowest BCUT2D eigenvalue weighted by Crippen LogP contribution is -2.81. The number of alkyl carbamates (subject to hydrolysis) is 1. The number of phenolic OH excluding ortho intramolecular Hbond substituents is 2. The standard InChI is InChI=1S/C43H53NO14.C40H45N3O11S/c1-22-26(55-37(51)32(48)30(24-15-11-9-12-16-24)44-38(52)58-39(3,4)5)20-43(53)35(56-36(50)25-17-13-10-14-18-25)33-41(8,34(49)31(47)29(22)40(43,6)7)27(46)19-28-42(33,21-54-28)57-23(2)45;1-17-11-21-12-23-38(47)43-24-15-51-39(48)40(22-14-26(49-5)25(45)13-20(22)7-9-41-40)8-10-55-37(31(43)30(42(23)4)27(21)32(46)33(17)50-6)29-28(24)36-35(52-16-53-36)18(2)34(29)54-19(3)44/h9-18,26-28,30-33,35,46-48,53H,19-21H2,1-8H3,(H,44,52);11,13-14,23-24,30-31,37-38,41,45-47H,7-10,12,15-16H2,1-6H3/t26-,27-,28+,30-,31+,32?,33-,35-,41+,42-,43+;23-,24-,30+,31+,37+,38-,40+/m00/s1. The zero-order chi connectivity index (χ0) is 81.4. The second-order valence-electron chi connectivity index (χ2n) is 32.8. The van der Waals surface area contributed by atoms with Crippen molar-refractivity contribution < 1.29 is 121 Å². The van der Waals surface area contributed by atoms with E-state index in [4.69, 9.17) is 52.1 Å². The molecular weight excluding hydrogens is 1480 g/mol. The number of benzene rings is 5. The third-order valence-corrected chi connectivity index (χ3v) is 26.4. The van der Waals surface area contributed by atoms with E-state index in [1.54, 1.807) is 107 Å². The van der Waals surface area contributed by atoms with E-state index in [9.17, 15) is 69.3 Å². The second kappa shape index (κ2) is 29.6. The van der Waals surface area contributed by atoms with Gasteiger partial charge in [-0.25, -0.2) is 19.2 Å². The molecule has 3 aliphatic carbocycles. The first-order chi connectivity index (χ1) is 53.4. The van der Waals surface area contributed by atoms with E-state index < -0.39 is 166 Å². The van der Waals surface area contributed by atoms with E-state index in [0.717, 1.165) is 23.6 Å². The Hall–Kier alpha value is -9.08. The number of piperazine rings is 1. The van der Waals surface area contributed by atoms with E-state index in [2.05, 4.69) is 15.5 Å². The predicted molar refractivity (Wildman–Crippen MR) is 403 cm³/mol. The fraction of sp³-hybridized carbons (Fsp3) is 0.530. The number of thioether (sulfide) groups is 1. The molecule has 2 saturated carbocycles. The number of rotatable bonds is 11. The van der Waals surface area contributed by atoms with Crippen LogP contribution in [0.2, 0.25) is 0 Å². The summed E-state index contributed by atoms with van der Waals surface area (Å²) >= 11 is 1.58. The average Bonchev–Trinajstić information content (AvgIpc) is 0.713. The quantitative estimate of drug-likeness (QED) is 0.0276. The number of carbonyl (C=O) groups is 7. The fourth-order valence-corrected chi connectivity index (χ4v) is 21.4. The first-order valence-electron chi connectivity index (χ1n) is 37.9. The summed E-state index contributed by atoms with van der Waals surface area (Å²) in [6, 6.07) is 17.8. The highest BCUT2D eigenvalue weighted by Crippen LogP contribution is 2.67. The van der Waals surface area contributed by atoms with Crippen molar-refractivity contribution in [3.8, 4) is 40.2 Å². The minimum absolute atomic E-state index is 0.00731. The zero-order valence-electron chi connectivity index (χ0n) is 65.4. The minimum atomic E-state index is -2.35. The Labute approximate surface area is 657 Å². The Kier molecular flexibility index (Phi) is 21.1. The number of methoxy groups -OCH3 is 2. The topological polar surface area (TPSA) is 393 Å². The molecule has 1 amide bonds. The maximum absolute atomic E-state index is 14.9. The molecule has 30 heteroatoms. The van der Waals surface area contributed by atoms with Crippen LogP contribution in [-0.4, -0.2) is 213 Å². The van der Waals surface area contributed by atoms with Crippen molar-refractivity contribution in [2.24, 2.45) is 16.7 Å². The number of fused-ring (bicyclic) bond motifs is 15. The van der Waals surface area contributed by atoms with E-state index in [1.165, 1.54) is 47.1 Å². The van der Waals surface area contributed by atoms with Crippen molar-refractivity contribution in [2.45, 2.75) is 209 Å². The van der Waals surface area contributed by atoms with Crippen molar-refractivity contribution in [3.05, 3.63) is 146 Å². The Morgan fingerprint density at radius 3 is 2.17 bits per heavy atom. The number of hydrogen-bond acceptors (Lipinski definition) is 29. The molecule has 0 aromatic heterocycles. The van der Waals surface area contributed by atoms with Crippen molar-refractivity contribution in [2.75, 3.05) is 53.6 Å². The third kappa shape index (κ3) is 13.0. The van der Waals surface area contributed by atoms with Gasteiger partial charge in [0.2, 0.25) is 6.79 Å². The molecule has 9 N–H and O–H groups in total. The number of aryl methyl sites for hydroxylation is 1. The zero-order valence-corrected chi connectivity index (χ0v) is 66.3. The fourth-order valence-electron chi connectivity index (χ4n) is 19.8. The molecule has 8 aliphatic heterocycles. The molecule has 11 aliphatic rings. The third-order valence-electron chi connectivity index (χ3n) is 25.1. The van der Waals surface area contributed by atoms with Gasteiger partial charge in [0.25, 0.3) is 0 Å². The van der Waals surface area contributed by atoms with Crippen LogP contribution in [0.5, 0.6) is 40.2 Å². The van der Waals surface area contributed by atoms with Gasteiger partial charge < -0.3 is 93.2 Å². The molecule has 1 spiro atoms. The Bertz CT molecular complexity index is 4710. The lowest BCUT2D eigenvalue weighted by molar-refractivity contribution is -0.346. The number of likely N-dealkylation sites (N-methyl/N-ethyl adjacent to an activating group) is 1. The number of nitrogens with one attached hydrogen (secondary N) is 2. The summed E-state index contributed by atoms with van der Waals surface area (Å²) in [5, 5.41) is 89.9. The van der Waals surface area contributed by atoms with Gasteiger partial charge in [-0.1, -0.05) is 68.4 Å². The van der Waals surface area contributed by atoms with Crippen molar-refractivity contribution in [1.29, 1.82) is 0 Å². The van der Waals surface area contributed by atoms with Crippen LogP contribution in [0.3, 0.4) is 0 Å². The molecule has 8 heterocycles. The van der Waals surface area contributed by atoms with Gasteiger partial charge in [-0.05, 0) is 144 Å². The number of phenols is 2. The summed E-state index contributed by atoms with van der Waals surface area (Å²) in [6.07, 6.45) is -11.2. The number of esters is 5. The van der Waals surface area contributed by atoms with Crippen LogP contribution in [0, 0.1) is 30.6 Å². The molecule has 29 nitrogen and oxygen atoms in total. The molecule has 113 heavy (non-hydrogen) atoms. The van der Waals surface area contributed by atoms with Crippen LogP contribution >= 0.6 is 11.8 Å². The molecule has 3 saturated heterocycles. The Morgan fingerprint density at radius 2 is 1.52 bits per heavy atom. The van der Waals surface area contributed by atoms with Crippen LogP contribution < -0.4 is 34.3 Å². The molecule has 0 radical (unpaired) electrons. The van der Waals surface area contributed by atoms with Gasteiger partial charge >= 0.3 is 35.9 Å². The highest BCUT2D eigenvalue weighted by atomic mass is 32.2. The average molecular weight is 1580 g/mol. The SMILES string of the molecule is CC(=O)O[C@@]12CO[C@@H]1C[C@H](O)[C@@]1(C)C(=O)[C@H](O)C3=C(C)[C@@H](OC(=O)C(O)[C@@H](NC(=O)OC(C)(C)C)c4ccccc4)C[C@@](O)([C@@H](OC(=O)c4ccccc4)[C@H]21)C3(C)C.COc1cc2c(cc1O)CCN[C@]21CCS[C@@H]2c3c(OC(C)=O)c(C)c4c(c3[C@H](COC1=O)N1[C@@H]2[C@H]2c3c(cc(C)c(OC)c3O)C[C@@H]([C@@H]1O)N2C)OCO4. The van der Waals surface area contributed by atoms with Crippen LogP contribution in [0.4, 0.5) is 4.79 Å². The molecule has 5 aromatic rings. The number of aliphatic hydroxyl groups excluding tert-OH is 4. The van der Waals surface area contributed by atoms with Crippen molar-refractivity contribution in [3.63, 3.8) is 0 Å². The minimum Gasteiger partial charge on any atom is -0.504 e. The summed E-state index contributed by atoms with van der Waals surface area (Å²) in [6.45, 7) is 17.1. The number of ketones is 1. The largest absolute Gasteiger partial charge is 0.504 e. The van der Waals surface area contributed by atoms with Gasteiger partial charge in [0, 0.05) is 66.9 Å². The summed E-state index contributed by atoms with van der Waals surface area (Å²) in [4.78, 5) is 101.